The lowest BCUT2D eigenvalue weighted by Gasteiger charge is -2.31. The second kappa shape index (κ2) is 5.75. The number of piperidine rings is 1. The summed E-state index contributed by atoms with van der Waals surface area (Å²) in [5, 5.41) is 12.3. The molecule has 1 unspecified atom stereocenters. The lowest BCUT2D eigenvalue weighted by Crippen LogP contribution is -2.35. The Kier molecular flexibility index (Phi) is 4.32. The Labute approximate surface area is 101 Å². The molecule has 16 heavy (non-hydrogen) atoms. The maximum absolute atomic E-state index is 8.97. The van der Waals surface area contributed by atoms with E-state index in [1.807, 2.05) is 0 Å². The van der Waals surface area contributed by atoms with Gasteiger partial charge in [-0.25, -0.2) is 4.98 Å². The molecule has 1 saturated heterocycles. The second-order valence-corrected chi connectivity index (χ2v) is 5.68. The molecule has 1 aromatic heterocycles. The fourth-order valence-corrected chi connectivity index (χ4v) is 3.03. The maximum Gasteiger partial charge on any atom is 0.0897 e. The normalized spacial score (nSPS) is 22.5. The number of aliphatic hydroxyl groups excluding tert-OH is 1. The van der Waals surface area contributed by atoms with Gasteiger partial charge in [0.25, 0.3) is 0 Å². The van der Waals surface area contributed by atoms with Crippen LogP contribution in [0.4, 0.5) is 0 Å². The molecule has 2 heterocycles. The van der Waals surface area contributed by atoms with Crippen LogP contribution in [-0.4, -0.2) is 34.7 Å². The molecule has 0 spiro atoms. The number of thiazole rings is 1. The molecule has 0 saturated carbocycles. The van der Waals surface area contributed by atoms with Crippen LogP contribution in [0.15, 0.2) is 5.38 Å². The first-order chi connectivity index (χ1) is 7.78. The third-order valence-corrected chi connectivity index (χ3v) is 4.01. The average Bonchev–Trinajstić information content (AvgIpc) is 2.65. The van der Waals surface area contributed by atoms with E-state index in [1.54, 1.807) is 11.3 Å². The van der Waals surface area contributed by atoms with Crippen LogP contribution in [0.5, 0.6) is 0 Å². The molecular formula is C12H20N2OS. The average molecular weight is 240 g/mol. The topological polar surface area (TPSA) is 36.4 Å². The molecule has 2 rings (SSSR count). The van der Waals surface area contributed by atoms with Crippen molar-refractivity contribution < 1.29 is 5.11 Å². The standard InChI is InChI=1S/C12H20N2OS/c1-10-13-12(9-16-10)8-14-5-2-3-11(7-14)4-6-15/h9,11,15H,2-8H2,1H3. The monoisotopic (exact) mass is 240 g/mol. The SMILES string of the molecule is Cc1nc(CN2CCCC(CCO)C2)cs1. The van der Waals surface area contributed by atoms with Crippen LogP contribution < -0.4 is 0 Å². The summed E-state index contributed by atoms with van der Waals surface area (Å²) in [6, 6.07) is 0. The van der Waals surface area contributed by atoms with Crippen molar-refractivity contribution in [3.05, 3.63) is 16.1 Å². The van der Waals surface area contributed by atoms with Crippen molar-refractivity contribution in [3.8, 4) is 0 Å². The first kappa shape index (κ1) is 12.0. The van der Waals surface area contributed by atoms with E-state index in [4.69, 9.17) is 5.11 Å². The van der Waals surface area contributed by atoms with Gasteiger partial charge in [0.2, 0.25) is 0 Å². The molecule has 0 aliphatic carbocycles. The summed E-state index contributed by atoms with van der Waals surface area (Å²) < 4.78 is 0. The van der Waals surface area contributed by atoms with Gasteiger partial charge in [-0.3, -0.25) is 4.90 Å². The predicted octanol–water partition coefficient (Wildman–Crippen LogP) is 2.05. The molecule has 1 aromatic rings. The van der Waals surface area contributed by atoms with Crippen LogP contribution in [0.1, 0.15) is 30.0 Å². The van der Waals surface area contributed by atoms with Crippen LogP contribution >= 0.6 is 11.3 Å². The van der Waals surface area contributed by atoms with Crippen molar-refractivity contribution in [2.45, 2.75) is 32.7 Å². The van der Waals surface area contributed by atoms with E-state index >= 15 is 0 Å². The van der Waals surface area contributed by atoms with E-state index < -0.39 is 0 Å². The minimum Gasteiger partial charge on any atom is -0.396 e. The summed E-state index contributed by atoms with van der Waals surface area (Å²) in [5.74, 6) is 0.679. The first-order valence-electron chi connectivity index (χ1n) is 6.02. The second-order valence-electron chi connectivity index (χ2n) is 4.61. The van der Waals surface area contributed by atoms with Crippen LogP contribution in [0.3, 0.4) is 0 Å². The van der Waals surface area contributed by atoms with Gasteiger partial charge < -0.3 is 5.11 Å². The number of hydrogen-bond acceptors (Lipinski definition) is 4. The zero-order valence-corrected chi connectivity index (χ0v) is 10.7. The molecule has 1 aliphatic heterocycles. The number of rotatable bonds is 4. The molecule has 1 fully saturated rings. The van der Waals surface area contributed by atoms with E-state index in [1.165, 1.54) is 25.1 Å². The summed E-state index contributed by atoms with van der Waals surface area (Å²) in [4.78, 5) is 6.97. The van der Waals surface area contributed by atoms with Crippen LogP contribution in [-0.2, 0) is 6.54 Å². The molecule has 0 bridgehead atoms. The molecule has 1 atom stereocenters. The fourth-order valence-electron chi connectivity index (χ4n) is 2.42. The summed E-state index contributed by atoms with van der Waals surface area (Å²) in [6.45, 7) is 5.66. The molecule has 1 aliphatic rings. The van der Waals surface area contributed by atoms with Gasteiger partial charge in [0.1, 0.15) is 0 Å². The number of likely N-dealkylation sites (tertiary alicyclic amines) is 1. The van der Waals surface area contributed by atoms with Gasteiger partial charge in [-0.2, -0.15) is 0 Å². The van der Waals surface area contributed by atoms with Crippen LogP contribution in [0, 0.1) is 12.8 Å². The zero-order valence-electron chi connectivity index (χ0n) is 9.85. The highest BCUT2D eigenvalue weighted by Gasteiger charge is 2.19. The van der Waals surface area contributed by atoms with E-state index in [0.29, 0.717) is 12.5 Å². The molecular weight excluding hydrogens is 220 g/mol. The van der Waals surface area contributed by atoms with Crippen molar-refractivity contribution in [2.24, 2.45) is 5.92 Å². The molecule has 90 valence electrons. The van der Waals surface area contributed by atoms with Crippen molar-refractivity contribution in [2.75, 3.05) is 19.7 Å². The Morgan fingerprint density at radius 1 is 1.62 bits per heavy atom. The number of hydrogen-bond donors (Lipinski definition) is 1. The Hall–Kier alpha value is -0.450. The third kappa shape index (κ3) is 3.27. The number of aromatic nitrogens is 1. The van der Waals surface area contributed by atoms with E-state index in [9.17, 15) is 0 Å². The van der Waals surface area contributed by atoms with Crippen molar-refractivity contribution in [1.29, 1.82) is 0 Å². The maximum atomic E-state index is 8.97. The van der Waals surface area contributed by atoms with E-state index in [0.717, 1.165) is 24.5 Å². The summed E-state index contributed by atoms with van der Waals surface area (Å²) in [6.07, 6.45) is 3.48. The minimum absolute atomic E-state index is 0.328. The van der Waals surface area contributed by atoms with Gasteiger partial charge in [0, 0.05) is 25.1 Å². The summed E-state index contributed by atoms with van der Waals surface area (Å²) >= 11 is 1.73. The lowest BCUT2D eigenvalue weighted by atomic mass is 9.95. The quantitative estimate of drug-likeness (QED) is 0.875. The van der Waals surface area contributed by atoms with Gasteiger partial charge in [-0.1, -0.05) is 0 Å². The number of aliphatic hydroxyl groups is 1. The summed E-state index contributed by atoms with van der Waals surface area (Å²) in [5.41, 5.74) is 1.20. The van der Waals surface area contributed by atoms with Gasteiger partial charge >= 0.3 is 0 Å². The van der Waals surface area contributed by atoms with E-state index in [-0.39, 0.29) is 0 Å². The predicted molar refractivity (Wildman–Crippen MR) is 66.6 cm³/mol. The number of nitrogens with zero attached hydrogens (tertiary/aromatic N) is 2. The third-order valence-electron chi connectivity index (χ3n) is 3.19. The van der Waals surface area contributed by atoms with Crippen LogP contribution in [0.25, 0.3) is 0 Å². The molecule has 3 nitrogen and oxygen atoms in total. The summed E-state index contributed by atoms with van der Waals surface area (Å²) in [7, 11) is 0. The van der Waals surface area contributed by atoms with Crippen LogP contribution in [0.2, 0.25) is 0 Å². The van der Waals surface area contributed by atoms with Gasteiger partial charge in [0.15, 0.2) is 0 Å². The molecule has 4 heteroatoms. The number of aryl methyl sites for hydroxylation is 1. The Balaban J connectivity index is 1.85. The lowest BCUT2D eigenvalue weighted by molar-refractivity contribution is 0.141. The van der Waals surface area contributed by atoms with Crippen molar-refractivity contribution in [1.82, 2.24) is 9.88 Å². The largest absolute Gasteiger partial charge is 0.396 e. The smallest absolute Gasteiger partial charge is 0.0897 e. The highest BCUT2D eigenvalue weighted by Crippen LogP contribution is 2.21. The van der Waals surface area contributed by atoms with Gasteiger partial charge in [-0.15, -0.1) is 11.3 Å². The zero-order chi connectivity index (χ0) is 11.4. The van der Waals surface area contributed by atoms with Gasteiger partial charge in [-0.05, 0) is 38.6 Å². The molecule has 0 radical (unpaired) electrons. The highest BCUT2D eigenvalue weighted by atomic mass is 32.1. The minimum atomic E-state index is 0.328. The Morgan fingerprint density at radius 3 is 3.19 bits per heavy atom. The van der Waals surface area contributed by atoms with Crippen molar-refractivity contribution in [3.63, 3.8) is 0 Å². The Morgan fingerprint density at radius 2 is 2.50 bits per heavy atom. The molecule has 0 aromatic carbocycles. The first-order valence-corrected chi connectivity index (χ1v) is 6.90. The van der Waals surface area contributed by atoms with Gasteiger partial charge in [0.05, 0.1) is 10.7 Å². The Bertz CT molecular complexity index is 325. The fraction of sp³-hybridized carbons (Fsp3) is 0.750. The van der Waals surface area contributed by atoms with Crippen molar-refractivity contribution >= 4 is 11.3 Å². The molecule has 1 N–H and O–H groups in total. The molecule has 0 amide bonds. The highest BCUT2D eigenvalue weighted by molar-refractivity contribution is 7.09. The van der Waals surface area contributed by atoms with E-state index in [2.05, 4.69) is 22.2 Å².